The lowest BCUT2D eigenvalue weighted by atomic mass is 10.2. The van der Waals surface area contributed by atoms with E-state index in [9.17, 15) is 13.2 Å². The van der Waals surface area contributed by atoms with E-state index in [1.807, 2.05) is 20.9 Å². The molecule has 1 aromatic carbocycles. The number of likely N-dealkylation sites (N-methyl/N-ethyl adjacent to an activating group) is 1. The summed E-state index contributed by atoms with van der Waals surface area (Å²) in [6.45, 7) is 11.0. The summed E-state index contributed by atoms with van der Waals surface area (Å²) in [6.07, 6.45) is 6.58. The summed E-state index contributed by atoms with van der Waals surface area (Å²) in [7, 11) is -1.84. The molecule has 1 aliphatic heterocycles. The van der Waals surface area contributed by atoms with Crippen LogP contribution in [0.5, 0.6) is 0 Å². The molecular formula is C23H34N6O3S. The minimum atomic E-state index is -3.65. The van der Waals surface area contributed by atoms with Gasteiger partial charge in [-0.05, 0) is 30.8 Å². The summed E-state index contributed by atoms with van der Waals surface area (Å²) < 4.78 is 29.2. The zero-order valence-corrected chi connectivity index (χ0v) is 20.7. The van der Waals surface area contributed by atoms with Gasteiger partial charge in [-0.15, -0.1) is 0 Å². The number of aryl methyl sites for hydroxylation is 1. The van der Waals surface area contributed by atoms with Gasteiger partial charge >= 0.3 is 0 Å². The topological polar surface area (TPSA) is 90.8 Å². The van der Waals surface area contributed by atoms with E-state index in [2.05, 4.69) is 27.1 Å². The second-order valence-electron chi connectivity index (χ2n) is 7.96. The molecule has 0 unspecified atom stereocenters. The lowest BCUT2D eigenvalue weighted by Crippen LogP contribution is -2.46. The van der Waals surface area contributed by atoms with E-state index in [0.717, 1.165) is 44.0 Å². The number of hydrogen-bond acceptors (Lipinski definition) is 6. The van der Waals surface area contributed by atoms with Gasteiger partial charge in [0.25, 0.3) is 0 Å². The number of nitrogens with one attached hydrogen (secondary N) is 1. The second-order valence-corrected chi connectivity index (χ2v) is 9.90. The van der Waals surface area contributed by atoms with Crippen molar-refractivity contribution in [2.24, 2.45) is 7.05 Å². The molecule has 0 bridgehead atoms. The van der Waals surface area contributed by atoms with Crippen molar-refractivity contribution in [1.82, 2.24) is 19.0 Å². The highest BCUT2D eigenvalue weighted by atomic mass is 32.2. The van der Waals surface area contributed by atoms with Gasteiger partial charge in [0.15, 0.2) is 0 Å². The first kappa shape index (κ1) is 24.9. The quantitative estimate of drug-likeness (QED) is 0.561. The molecule has 1 aromatic heterocycles. The molecular weight excluding hydrogens is 440 g/mol. The van der Waals surface area contributed by atoms with Gasteiger partial charge in [0.05, 0.1) is 22.5 Å². The third-order valence-electron chi connectivity index (χ3n) is 5.88. The van der Waals surface area contributed by atoms with Gasteiger partial charge < -0.3 is 15.1 Å². The van der Waals surface area contributed by atoms with Gasteiger partial charge in [0.2, 0.25) is 15.9 Å². The van der Waals surface area contributed by atoms with E-state index in [-0.39, 0.29) is 10.8 Å². The number of carbonyl (C=O) groups is 1. The SMILES string of the molecule is CCN1CCN(c2ccc(S(=O)(=O)N(CC)CC)cc2NC(=O)/C=C/c2cnn(C)c2)CC1. The van der Waals surface area contributed by atoms with Crippen molar-refractivity contribution in [1.29, 1.82) is 0 Å². The molecule has 0 atom stereocenters. The summed E-state index contributed by atoms with van der Waals surface area (Å²) in [5, 5.41) is 7.00. The molecule has 9 nitrogen and oxygen atoms in total. The number of rotatable bonds is 9. The molecule has 1 aliphatic rings. The highest BCUT2D eigenvalue weighted by molar-refractivity contribution is 7.89. The van der Waals surface area contributed by atoms with Crippen LogP contribution in [0.1, 0.15) is 26.3 Å². The smallest absolute Gasteiger partial charge is 0.248 e. The van der Waals surface area contributed by atoms with Gasteiger partial charge in [0, 0.05) is 64.2 Å². The average Bonchev–Trinajstić information content (AvgIpc) is 3.23. The second kappa shape index (κ2) is 11.0. The Morgan fingerprint density at radius 2 is 1.85 bits per heavy atom. The molecule has 10 heteroatoms. The number of sulfonamides is 1. The molecule has 0 saturated carbocycles. The largest absolute Gasteiger partial charge is 0.367 e. The lowest BCUT2D eigenvalue weighted by molar-refractivity contribution is -0.111. The van der Waals surface area contributed by atoms with Crippen LogP contribution < -0.4 is 10.2 Å². The van der Waals surface area contributed by atoms with Crippen LogP contribution in [0.15, 0.2) is 41.6 Å². The maximum Gasteiger partial charge on any atom is 0.248 e. The first-order valence-corrected chi connectivity index (χ1v) is 12.8. The number of nitrogens with zero attached hydrogens (tertiary/aromatic N) is 5. The molecule has 2 aromatic rings. The number of amides is 1. The zero-order valence-electron chi connectivity index (χ0n) is 19.9. The van der Waals surface area contributed by atoms with Gasteiger partial charge in [-0.2, -0.15) is 9.40 Å². The molecule has 180 valence electrons. The van der Waals surface area contributed by atoms with Gasteiger partial charge in [0.1, 0.15) is 0 Å². The van der Waals surface area contributed by atoms with Crippen LogP contribution in [0, 0.1) is 0 Å². The van der Waals surface area contributed by atoms with Crippen molar-refractivity contribution in [2.75, 3.05) is 56.0 Å². The van der Waals surface area contributed by atoms with E-state index >= 15 is 0 Å². The van der Waals surface area contributed by atoms with Crippen LogP contribution in [0.3, 0.4) is 0 Å². The Labute approximate surface area is 196 Å². The third-order valence-corrected chi connectivity index (χ3v) is 7.93. The number of aromatic nitrogens is 2. The predicted molar refractivity (Wildman–Crippen MR) is 132 cm³/mol. The minimum absolute atomic E-state index is 0.175. The summed E-state index contributed by atoms with van der Waals surface area (Å²) in [6, 6.07) is 5.01. The van der Waals surface area contributed by atoms with E-state index < -0.39 is 10.0 Å². The first-order chi connectivity index (χ1) is 15.8. The van der Waals surface area contributed by atoms with Crippen LogP contribution in [0.2, 0.25) is 0 Å². The molecule has 0 aliphatic carbocycles. The molecule has 0 radical (unpaired) electrons. The highest BCUT2D eigenvalue weighted by Gasteiger charge is 2.25. The van der Waals surface area contributed by atoms with E-state index in [1.165, 1.54) is 10.4 Å². The predicted octanol–water partition coefficient (Wildman–Crippen LogP) is 2.24. The standard InChI is InChI=1S/C23H34N6O3S/c1-5-27-12-14-28(15-13-27)22-10-9-20(33(31,32)29(6-2)7-3)16-21(22)25-23(30)11-8-19-17-24-26(4)18-19/h8-11,16-18H,5-7,12-15H2,1-4H3,(H,25,30)/b11-8+. The van der Waals surface area contributed by atoms with Crippen LogP contribution in [-0.4, -0.2) is 79.1 Å². The Bertz CT molecular complexity index is 1080. The van der Waals surface area contributed by atoms with E-state index in [1.54, 1.807) is 41.4 Å². The molecule has 3 rings (SSSR count). The normalized spacial score (nSPS) is 15.5. The maximum absolute atomic E-state index is 13.1. The molecule has 33 heavy (non-hydrogen) atoms. The number of carbonyl (C=O) groups excluding carboxylic acids is 1. The number of benzene rings is 1. The van der Waals surface area contributed by atoms with Crippen molar-refractivity contribution >= 4 is 33.4 Å². The first-order valence-electron chi connectivity index (χ1n) is 11.4. The lowest BCUT2D eigenvalue weighted by Gasteiger charge is -2.36. The summed E-state index contributed by atoms with van der Waals surface area (Å²) in [5.41, 5.74) is 2.13. The molecule has 1 saturated heterocycles. The summed E-state index contributed by atoms with van der Waals surface area (Å²) in [5.74, 6) is -0.329. The minimum Gasteiger partial charge on any atom is -0.367 e. The molecule has 1 amide bonds. The zero-order chi connectivity index (χ0) is 24.0. The van der Waals surface area contributed by atoms with Crippen molar-refractivity contribution < 1.29 is 13.2 Å². The van der Waals surface area contributed by atoms with Crippen LogP contribution in [0.4, 0.5) is 11.4 Å². The number of hydrogen-bond donors (Lipinski definition) is 1. The van der Waals surface area contributed by atoms with Crippen LogP contribution in [0.25, 0.3) is 6.08 Å². The van der Waals surface area contributed by atoms with Gasteiger partial charge in [-0.3, -0.25) is 9.48 Å². The Hall–Kier alpha value is -2.69. The summed E-state index contributed by atoms with van der Waals surface area (Å²) in [4.78, 5) is 17.5. The third kappa shape index (κ3) is 6.01. The monoisotopic (exact) mass is 474 g/mol. The van der Waals surface area contributed by atoms with E-state index in [4.69, 9.17) is 0 Å². The Morgan fingerprint density at radius 1 is 1.15 bits per heavy atom. The Morgan fingerprint density at radius 3 is 2.42 bits per heavy atom. The Balaban J connectivity index is 1.91. The fourth-order valence-electron chi connectivity index (χ4n) is 3.94. The van der Waals surface area contributed by atoms with Crippen molar-refractivity contribution in [3.63, 3.8) is 0 Å². The molecule has 2 heterocycles. The van der Waals surface area contributed by atoms with Crippen LogP contribution >= 0.6 is 0 Å². The molecule has 0 spiro atoms. The summed E-state index contributed by atoms with van der Waals surface area (Å²) >= 11 is 0. The highest BCUT2D eigenvalue weighted by Crippen LogP contribution is 2.31. The molecule has 1 N–H and O–H groups in total. The fraction of sp³-hybridized carbons (Fsp3) is 0.478. The van der Waals surface area contributed by atoms with Crippen molar-refractivity contribution in [2.45, 2.75) is 25.7 Å². The van der Waals surface area contributed by atoms with Gasteiger partial charge in [-0.1, -0.05) is 20.8 Å². The average molecular weight is 475 g/mol. The number of piperazine rings is 1. The number of anilines is 2. The van der Waals surface area contributed by atoms with Crippen LogP contribution in [-0.2, 0) is 21.9 Å². The maximum atomic E-state index is 13.1. The van der Waals surface area contributed by atoms with Crippen molar-refractivity contribution in [3.8, 4) is 0 Å². The fourth-order valence-corrected chi connectivity index (χ4v) is 5.43. The van der Waals surface area contributed by atoms with E-state index in [0.29, 0.717) is 18.8 Å². The van der Waals surface area contributed by atoms with Gasteiger partial charge in [-0.25, -0.2) is 8.42 Å². The molecule has 1 fully saturated rings. The Kier molecular flexibility index (Phi) is 8.28. The van der Waals surface area contributed by atoms with Crippen molar-refractivity contribution in [3.05, 3.63) is 42.2 Å².